The van der Waals surface area contributed by atoms with Crippen LogP contribution >= 0.6 is 15.9 Å². The van der Waals surface area contributed by atoms with Gasteiger partial charge in [0.15, 0.2) is 0 Å². The third-order valence-corrected chi connectivity index (χ3v) is 2.87. The Hall–Kier alpha value is -0.900. The fourth-order valence-electron chi connectivity index (χ4n) is 1.50. The molecule has 0 saturated heterocycles. The number of ether oxygens (including phenoxy) is 1. The standard InChI is InChI=1S/C12H14BrFO2/c1-12(2,11(15)16-3)7-8-6-9(13)4-5-10(8)14/h4-6H,7H2,1-3H3. The maximum absolute atomic E-state index is 13.5. The lowest BCUT2D eigenvalue weighted by atomic mass is 9.86. The van der Waals surface area contributed by atoms with E-state index in [4.69, 9.17) is 0 Å². The van der Waals surface area contributed by atoms with Gasteiger partial charge in [-0.05, 0) is 44.0 Å². The summed E-state index contributed by atoms with van der Waals surface area (Å²) in [6, 6.07) is 4.69. The smallest absolute Gasteiger partial charge is 0.311 e. The summed E-state index contributed by atoms with van der Waals surface area (Å²) in [5.74, 6) is -0.646. The molecule has 1 aromatic carbocycles. The summed E-state index contributed by atoms with van der Waals surface area (Å²) >= 11 is 3.28. The van der Waals surface area contributed by atoms with E-state index in [1.807, 2.05) is 0 Å². The van der Waals surface area contributed by atoms with Gasteiger partial charge in [-0.3, -0.25) is 4.79 Å². The van der Waals surface area contributed by atoms with Crippen LogP contribution in [0.3, 0.4) is 0 Å². The van der Waals surface area contributed by atoms with Crippen LogP contribution in [-0.2, 0) is 16.0 Å². The summed E-state index contributed by atoms with van der Waals surface area (Å²) in [5, 5.41) is 0. The normalized spacial score (nSPS) is 11.3. The molecular formula is C12H14BrFO2. The minimum atomic E-state index is -0.726. The van der Waals surface area contributed by atoms with Gasteiger partial charge in [0.05, 0.1) is 12.5 Å². The van der Waals surface area contributed by atoms with E-state index in [1.165, 1.54) is 13.2 Å². The molecule has 0 aromatic heterocycles. The topological polar surface area (TPSA) is 26.3 Å². The van der Waals surface area contributed by atoms with Crippen molar-refractivity contribution >= 4 is 21.9 Å². The van der Waals surface area contributed by atoms with E-state index in [0.29, 0.717) is 12.0 Å². The van der Waals surface area contributed by atoms with Crippen molar-refractivity contribution in [2.24, 2.45) is 5.41 Å². The highest BCUT2D eigenvalue weighted by Crippen LogP contribution is 2.26. The van der Waals surface area contributed by atoms with Gasteiger partial charge in [0, 0.05) is 4.47 Å². The average Bonchev–Trinajstić information content (AvgIpc) is 2.22. The van der Waals surface area contributed by atoms with E-state index >= 15 is 0 Å². The number of benzene rings is 1. The quantitative estimate of drug-likeness (QED) is 0.798. The van der Waals surface area contributed by atoms with E-state index in [0.717, 1.165) is 4.47 Å². The van der Waals surface area contributed by atoms with Gasteiger partial charge in [0.2, 0.25) is 0 Å². The molecule has 0 amide bonds. The maximum Gasteiger partial charge on any atom is 0.311 e. The van der Waals surface area contributed by atoms with Crippen LogP contribution < -0.4 is 0 Å². The first-order valence-corrected chi connectivity index (χ1v) is 5.68. The Balaban J connectivity index is 2.95. The predicted molar refractivity (Wildman–Crippen MR) is 63.6 cm³/mol. The van der Waals surface area contributed by atoms with Crippen LogP contribution in [0, 0.1) is 11.2 Å². The number of hydrogen-bond donors (Lipinski definition) is 0. The third-order valence-electron chi connectivity index (χ3n) is 2.38. The van der Waals surface area contributed by atoms with E-state index in [2.05, 4.69) is 20.7 Å². The highest BCUT2D eigenvalue weighted by atomic mass is 79.9. The predicted octanol–water partition coefficient (Wildman–Crippen LogP) is 3.33. The fraction of sp³-hybridized carbons (Fsp3) is 0.417. The Morgan fingerprint density at radius 1 is 1.50 bits per heavy atom. The first-order valence-electron chi connectivity index (χ1n) is 4.89. The molecule has 0 atom stereocenters. The third kappa shape index (κ3) is 3.04. The Morgan fingerprint density at radius 3 is 2.69 bits per heavy atom. The fourth-order valence-corrected chi connectivity index (χ4v) is 1.91. The molecular weight excluding hydrogens is 275 g/mol. The number of esters is 1. The first kappa shape index (κ1) is 13.2. The van der Waals surface area contributed by atoms with Crippen molar-refractivity contribution in [1.29, 1.82) is 0 Å². The zero-order valence-corrected chi connectivity index (χ0v) is 11.1. The van der Waals surface area contributed by atoms with Gasteiger partial charge in [-0.1, -0.05) is 15.9 Å². The number of halogens is 2. The molecule has 16 heavy (non-hydrogen) atoms. The summed E-state index contributed by atoms with van der Waals surface area (Å²) in [5.41, 5.74) is -0.221. The van der Waals surface area contributed by atoms with Crippen LogP contribution in [-0.4, -0.2) is 13.1 Å². The molecule has 2 nitrogen and oxygen atoms in total. The number of rotatable bonds is 3. The van der Waals surface area contributed by atoms with Crippen molar-refractivity contribution in [3.05, 3.63) is 34.1 Å². The molecule has 0 heterocycles. The number of hydrogen-bond acceptors (Lipinski definition) is 2. The highest BCUT2D eigenvalue weighted by Gasteiger charge is 2.29. The van der Waals surface area contributed by atoms with Gasteiger partial charge in [-0.15, -0.1) is 0 Å². The van der Waals surface area contributed by atoms with Crippen molar-refractivity contribution in [2.75, 3.05) is 7.11 Å². The molecule has 4 heteroatoms. The molecule has 0 bridgehead atoms. The van der Waals surface area contributed by atoms with Crippen LogP contribution in [0.1, 0.15) is 19.4 Å². The van der Waals surface area contributed by atoms with E-state index in [1.54, 1.807) is 26.0 Å². The minimum absolute atomic E-state index is 0.305. The highest BCUT2D eigenvalue weighted by molar-refractivity contribution is 9.10. The second kappa shape index (κ2) is 4.95. The largest absolute Gasteiger partial charge is 0.469 e. The molecule has 0 fully saturated rings. The monoisotopic (exact) mass is 288 g/mol. The molecule has 0 saturated carbocycles. The molecule has 0 N–H and O–H groups in total. The maximum atomic E-state index is 13.5. The lowest BCUT2D eigenvalue weighted by Crippen LogP contribution is -2.28. The number of carbonyl (C=O) groups excluding carboxylic acids is 1. The molecule has 0 aliphatic carbocycles. The van der Waals surface area contributed by atoms with E-state index < -0.39 is 5.41 Å². The summed E-state index contributed by atoms with van der Waals surface area (Å²) in [6.07, 6.45) is 0.310. The zero-order valence-electron chi connectivity index (χ0n) is 9.51. The van der Waals surface area contributed by atoms with Gasteiger partial charge in [-0.2, -0.15) is 0 Å². The molecule has 88 valence electrons. The molecule has 1 aromatic rings. The number of carbonyl (C=O) groups is 1. The lowest BCUT2D eigenvalue weighted by molar-refractivity contribution is -0.150. The van der Waals surface area contributed by atoms with Crippen LogP contribution in [0.15, 0.2) is 22.7 Å². The van der Waals surface area contributed by atoms with Gasteiger partial charge >= 0.3 is 5.97 Å². The van der Waals surface area contributed by atoms with E-state index in [9.17, 15) is 9.18 Å². The molecule has 0 aliphatic heterocycles. The van der Waals surface area contributed by atoms with Crippen molar-refractivity contribution < 1.29 is 13.9 Å². The second-order valence-corrected chi connectivity index (χ2v) is 5.20. The molecule has 1 rings (SSSR count). The SMILES string of the molecule is COC(=O)C(C)(C)Cc1cc(Br)ccc1F. The average molecular weight is 289 g/mol. The van der Waals surface area contributed by atoms with Crippen molar-refractivity contribution in [3.8, 4) is 0 Å². The van der Waals surface area contributed by atoms with Crippen LogP contribution in [0.4, 0.5) is 4.39 Å². The molecule has 0 unspecified atom stereocenters. The zero-order chi connectivity index (χ0) is 12.3. The summed E-state index contributed by atoms with van der Waals surface area (Å²) in [7, 11) is 1.33. The van der Waals surface area contributed by atoms with E-state index in [-0.39, 0.29) is 11.8 Å². The van der Waals surface area contributed by atoms with Gasteiger partial charge < -0.3 is 4.74 Å². The molecule has 0 spiro atoms. The van der Waals surface area contributed by atoms with Crippen molar-refractivity contribution in [1.82, 2.24) is 0 Å². The first-order chi connectivity index (χ1) is 7.36. The minimum Gasteiger partial charge on any atom is -0.469 e. The Bertz CT molecular complexity index is 402. The van der Waals surface area contributed by atoms with Crippen LogP contribution in [0.5, 0.6) is 0 Å². The van der Waals surface area contributed by atoms with Gasteiger partial charge in [-0.25, -0.2) is 4.39 Å². The molecule has 0 radical (unpaired) electrons. The van der Waals surface area contributed by atoms with Crippen molar-refractivity contribution in [2.45, 2.75) is 20.3 Å². The second-order valence-electron chi connectivity index (χ2n) is 4.29. The number of methoxy groups -OCH3 is 1. The Kier molecular flexibility index (Phi) is 4.08. The summed E-state index contributed by atoms with van der Waals surface area (Å²) < 4.78 is 19.0. The van der Waals surface area contributed by atoms with Crippen LogP contribution in [0.2, 0.25) is 0 Å². The van der Waals surface area contributed by atoms with Crippen LogP contribution in [0.25, 0.3) is 0 Å². The summed E-state index contributed by atoms with van der Waals surface area (Å²) in [4.78, 5) is 11.5. The summed E-state index contributed by atoms with van der Waals surface area (Å²) in [6.45, 7) is 3.47. The van der Waals surface area contributed by atoms with Gasteiger partial charge in [0.1, 0.15) is 5.82 Å². The van der Waals surface area contributed by atoms with Gasteiger partial charge in [0.25, 0.3) is 0 Å². The Morgan fingerprint density at radius 2 is 2.12 bits per heavy atom. The Labute approximate surface area is 103 Å². The lowest BCUT2D eigenvalue weighted by Gasteiger charge is -2.21. The molecule has 0 aliphatic rings. The van der Waals surface area contributed by atoms with Crippen molar-refractivity contribution in [3.63, 3.8) is 0 Å².